The van der Waals surface area contributed by atoms with E-state index in [9.17, 15) is 4.79 Å². The third-order valence-electron chi connectivity index (χ3n) is 6.88. The molecule has 3 aromatic carbocycles. The molecule has 2 heterocycles. The maximum atomic E-state index is 12.9. The summed E-state index contributed by atoms with van der Waals surface area (Å²) in [5.74, 6) is 3.86. The fourth-order valence-electron chi connectivity index (χ4n) is 4.77. The molecule has 0 atom stereocenters. The predicted molar refractivity (Wildman–Crippen MR) is 134 cm³/mol. The van der Waals surface area contributed by atoms with Gasteiger partial charge in [-0.25, -0.2) is 0 Å². The second-order valence-corrected chi connectivity index (χ2v) is 9.06. The van der Waals surface area contributed by atoms with Crippen molar-refractivity contribution in [3.8, 4) is 34.1 Å². The Bertz CT molecular complexity index is 1150. The summed E-state index contributed by atoms with van der Waals surface area (Å²) in [6.45, 7) is 1.93. The lowest BCUT2D eigenvalue weighted by molar-refractivity contribution is -0.134. The molecule has 0 spiro atoms. The number of ether oxygens (including phenoxy) is 4. The number of hydrogen-bond donors (Lipinski definition) is 0. The Morgan fingerprint density at radius 2 is 1.74 bits per heavy atom. The van der Waals surface area contributed by atoms with Crippen molar-refractivity contribution in [1.29, 1.82) is 0 Å². The van der Waals surface area contributed by atoms with Crippen molar-refractivity contribution in [2.24, 2.45) is 5.92 Å². The molecule has 35 heavy (non-hydrogen) atoms. The molecule has 0 bridgehead atoms. The molecule has 1 saturated heterocycles. The lowest BCUT2D eigenvalue weighted by atomic mass is 9.90. The minimum absolute atomic E-state index is 0.0451. The topological polar surface area (TPSA) is 57.2 Å². The molecule has 3 aromatic rings. The van der Waals surface area contributed by atoms with Gasteiger partial charge in [0.2, 0.25) is 6.79 Å². The number of methoxy groups -OCH3 is 1. The van der Waals surface area contributed by atoms with Gasteiger partial charge in [0, 0.05) is 18.7 Å². The minimum Gasteiger partial charge on any atom is -0.497 e. The molecular weight excluding hydrogens is 442 g/mol. The van der Waals surface area contributed by atoms with Crippen LogP contribution < -0.4 is 18.9 Å². The first-order chi connectivity index (χ1) is 17.2. The number of aryl methyl sites for hydroxylation is 1. The molecule has 2 aliphatic heterocycles. The molecule has 0 aliphatic carbocycles. The maximum Gasteiger partial charge on any atom is 0.260 e. The quantitative estimate of drug-likeness (QED) is 0.442. The van der Waals surface area contributed by atoms with Crippen LogP contribution in [-0.4, -0.2) is 44.4 Å². The summed E-state index contributed by atoms with van der Waals surface area (Å²) < 4.78 is 22.1. The van der Waals surface area contributed by atoms with Gasteiger partial charge in [-0.05, 0) is 73.1 Å². The van der Waals surface area contributed by atoms with E-state index < -0.39 is 0 Å². The first-order valence-corrected chi connectivity index (χ1v) is 12.2. The van der Waals surface area contributed by atoms with Gasteiger partial charge in [0.15, 0.2) is 18.1 Å². The summed E-state index contributed by atoms with van der Waals surface area (Å²) in [7, 11) is 1.65. The SMILES string of the molecule is COc1ccc(-c2ccccc2OCC(=O)N2CCC(CCc3ccc4c(c3)OCO4)CC2)cc1. The Hall–Kier alpha value is -3.67. The molecule has 6 nitrogen and oxygen atoms in total. The van der Waals surface area contributed by atoms with Crippen molar-refractivity contribution in [1.82, 2.24) is 4.90 Å². The molecule has 0 N–H and O–H groups in total. The van der Waals surface area contributed by atoms with E-state index in [1.54, 1.807) is 7.11 Å². The van der Waals surface area contributed by atoms with Crippen LogP contribution in [-0.2, 0) is 11.2 Å². The number of para-hydroxylation sites is 1. The fraction of sp³-hybridized carbons (Fsp3) is 0.345. The molecule has 0 unspecified atom stereocenters. The van der Waals surface area contributed by atoms with Gasteiger partial charge in [-0.2, -0.15) is 0 Å². The summed E-state index contributed by atoms with van der Waals surface area (Å²) in [6, 6.07) is 21.9. The zero-order valence-corrected chi connectivity index (χ0v) is 20.1. The lowest BCUT2D eigenvalue weighted by Gasteiger charge is -2.32. The van der Waals surface area contributed by atoms with E-state index in [0.717, 1.165) is 67.1 Å². The van der Waals surface area contributed by atoms with Crippen molar-refractivity contribution in [2.45, 2.75) is 25.7 Å². The zero-order valence-electron chi connectivity index (χ0n) is 20.1. The van der Waals surface area contributed by atoms with Crippen molar-refractivity contribution < 1.29 is 23.7 Å². The molecule has 0 aromatic heterocycles. The monoisotopic (exact) mass is 473 g/mol. The highest BCUT2D eigenvalue weighted by atomic mass is 16.7. The van der Waals surface area contributed by atoms with Crippen LogP contribution in [0.2, 0.25) is 0 Å². The van der Waals surface area contributed by atoms with E-state index in [-0.39, 0.29) is 12.5 Å². The van der Waals surface area contributed by atoms with Gasteiger partial charge in [0.1, 0.15) is 11.5 Å². The number of fused-ring (bicyclic) bond motifs is 1. The summed E-state index contributed by atoms with van der Waals surface area (Å²) in [4.78, 5) is 14.8. The van der Waals surface area contributed by atoms with Gasteiger partial charge in [-0.1, -0.05) is 36.4 Å². The number of rotatable bonds is 8. The highest BCUT2D eigenvalue weighted by molar-refractivity contribution is 5.78. The van der Waals surface area contributed by atoms with Gasteiger partial charge < -0.3 is 23.8 Å². The van der Waals surface area contributed by atoms with Crippen LogP contribution in [0.15, 0.2) is 66.7 Å². The van der Waals surface area contributed by atoms with Crippen LogP contribution in [0.5, 0.6) is 23.0 Å². The Morgan fingerprint density at radius 3 is 2.54 bits per heavy atom. The van der Waals surface area contributed by atoms with Gasteiger partial charge in [0.25, 0.3) is 5.91 Å². The number of piperidine rings is 1. The van der Waals surface area contributed by atoms with Crippen molar-refractivity contribution in [3.05, 3.63) is 72.3 Å². The van der Waals surface area contributed by atoms with E-state index >= 15 is 0 Å². The third kappa shape index (κ3) is 5.53. The first-order valence-electron chi connectivity index (χ1n) is 12.2. The standard InChI is InChI=1S/C29H31NO5/c1-32-24-11-9-23(10-12-24)25-4-2-3-5-26(25)33-19-29(31)30-16-14-21(15-17-30)6-7-22-8-13-27-28(18-22)35-20-34-27/h2-5,8-13,18,21H,6-7,14-17,19-20H2,1H3. The number of likely N-dealkylation sites (tertiary alicyclic amines) is 1. The van der Waals surface area contributed by atoms with Gasteiger partial charge in [-0.15, -0.1) is 0 Å². The summed E-state index contributed by atoms with van der Waals surface area (Å²) in [5.41, 5.74) is 3.26. The average Bonchev–Trinajstić information content (AvgIpc) is 3.39. The predicted octanol–water partition coefficient (Wildman–Crippen LogP) is 5.34. The lowest BCUT2D eigenvalue weighted by Crippen LogP contribution is -2.41. The fourth-order valence-corrected chi connectivity index (χ4v) is 4.77. The Balaban J connectivity index is 1.10. The van der Waals surface area contributed by atoms with Crippen LogP contribution in [0.25, 0.3) is 11.1 Å². The average molecular weight is 474 g/mol. The minimum atomic E-state index is 0.0451. The summed E-state index contributed by atoms with van der Waals surface area (Å²) in [5, 5.41) is 0. The van der Waals surface area contributed by atoms with Crippen LogP contribution in [0.4, 0.5) is 0 Å². The Kier molecular flexibility index (Phi) is 7.07. The van der Waals surface area contributed by atoms with Crippen LogP contribution in [0.3, 0.4) is 0 Å². The summed E-state index contributed by atoms with van der Waals surface area (Å²) >= 11 is 0. The van der Waals surface area contributed by atoms with E-state index in [1.807, 2.05) is 59.5 Å². The molecule has 182 valence electrons. The van der Waals surface area contributed by atoms with Gasteiger partial charge >= 0.3 is 0 Å². The highest BCUT2D eigenvalue weighted by Crippen LogP contribution is 2.34. The van der Waals surface area contributed by atoms with Gasteiger partial charge in [-0.3, -0.25) is 4.79 Å². The molecule has 0 saturated carbocycles. The number of carbonyl (C=O) groups excluding carboxylic acids is 1. The normalized spacial score (nSPS) is 15.2. The largest absolute Gasteiger partial charge is 0.497 e. The van der Waals surface area contributed by atoms with Crippen LogP contribution >= 0.6 is 0 Å². The van der Waals surface area contributed by atoms with Crippen LogP contribution in [0.1, 0.15) is 24.8 Å². The summed E-state index contributed by atoms with van der Waals surface area (Å²) in [6.07, 6.45) is 4.19. The van der Waals surface area contributed by atoms with Gasteiger partial charge in [0.05, 0.1) is 7.11 Å². The second-order valence-electron chi connectivity index (χ2n) is 9.06. The zero-order chi connectivity index (χ0) is 24.0. The number of carbonyl (C=O) groups is 1. The number of amides is 1. The maximum absolute atomic E-state index is 12.9. The number of hydrogen-bond acceptors (Lipinski definition) is 5. The molecule has 0 radical (unpaired) electrons. The first kappa shape index (κ1) is 23.1. The second kappa shape index (κ2) is 10.7. The molecule has 6 heteroatoms. The molecule has 2 aliphatic rings. The van der Waals surface area contributed by atoms with E-state index in [1.165, 1.54) is 5.56 Å². The Morgan fingerprint density at radius 1 is 0.971 bits per heavy atom. The van der Waals surface area contributed by atoms with Crippen molar-refractivity contribution in [3.63, 3.8) is 0 Å². The van der Waals surface area contributed by atoms with E-state index in [4.69, 9.17) is 18.9 Å². The van der Waals surface area contributed by atoms with E-state index in [0.29, 0.717) is 18.5 Å². The molecular formula is C29H31NO5. The highest BCUT2D eigenvalue weighted by Gasteiger charge is 2.23. The number of benzene rings is 3. The molecule has 5 rings (SSSR count). The van der Waals surface area contributed by atoms with E-state index in [2.05, 4.69) is 12.1 Å². The van der Waals surface area contributed by atoms with Crippen LogP contribution in [0, 0.1) is 5.92 Å². The third-order valence-corrected chi connectivity index (χ3v) is 6.88. The molecule has 1 amide bonds. The van der Waals surface area contributed by atoms with Crippen molar-refractivity contribution in [2.75, 3.05) is 33.6 Å². The van der Waals surface area contributed by atoms with Crippen molar-refractivity contribution >= 4 is 5.91 Å². The smallest absolute Gasteiger partial charge is 0.260 e. The number of nitrogens with zero attached hydrogens (tertiary/aromatic N) is 1. The Labute approximate surface area is 206 Å². The molecule has 1 fully saturated rings.